The fourth-order valence-corrected chi connectivity index (χ4v) is 4.60. The van der Waals surface area contributed by atoms with Gasteiger partial charge >= 0.3 is 0 Å². The Morgan fingerprint density at radius 2 is 2.06 bits per heavy atom. The van der Waals surface area contributed by atoms with Gasteiger partial charge in [-0.05, 0) is 44.9 Å². The van der Waals surface area contributed by atoms with Crippen molar-refractivity contribution >= 4 is 17.6 Å². The van der Waals surface area contributed by atoms with Gasteiger partial charge in [0, 0.05) is 36.9 Å². The molecule has 1 N–H and O–H groups in total. The highest BCUT2D eigenvalue weighted by molar-refractivity contribution is 5.91. The fraction of sp³-hybridized carbons (Fsp3) is 0.478. The highest BCUT2D eigenvalue weighted by Gasteiger charge is 2.52. The molecule has 2 saturated heterocycles. The summed E-state index contributed by atoms with van der Waals surface area (Å²) in [6.45, 7) is 7.62. The summed E-state index contributed by atoms with van der Waals surface area (Å²) < 4.78 is 5.37. The van der Waals surface area contributed by atoms with E-state index in [9.17, 15) is 9.59 Å². The van der Waals surface area contributed by atoms with E-state index in [4.69, 9.17) is 4.74 Å². The van der Waals surface area contributed by atoms with Crippen LogP contribution in [0.4, 0.5) is 5.82 Å². The Morgan fingerprint density at radius 3 is 2.77 bits per heavy atom. The summed E-state index contributed by atoms with van der Waals surface area (Å²) in [5.74, 6) is 1.55. The highest BCUT2D eigenvalue weighted by atomic mass is 16.5. The largest absolute Gasteiger partial charge is 0.497 e. The van der Waals surface area contributed by atoms with E-state index < -0.39 is 5.41 Å². The lowest BCUT2D eigenvalue weighted by molar-refractivity contribution is -0.149. The predicted octanol–water partition coefficient (Wildman–Crippen LogP) is 1.50. The van der Waals surface area contributed by atoms with Crippen LogP contribution in [0.25, 0.3) is 0 Å². The fourth-order valence-electron chi connectivity index (χ4n) is 4.60. The van der Waals surface area contributed by atoms with Crippen LogP contribution in [0.2, 0.25) is 0 Å². The number of hydrogen-bond donors (Lipinski definition) is 1. The van der Waals surface area contributed by atoms with E-state index in [1.807, 2.05) is 45.0 Å². The van der Waals surface area contributed by atoms with Crippen molar-refractivity contribution in [3.8, 4) is 5.75 Å². The zero-order valence-corrected chi connectivity index (χ0v) is 18.5. The van der Waals surface area contributed by atoms with E-state index in [0.717, 1.165) is 28.4 Å². The predicted molar refractivity (Wildman–Crippen MR) is 117 cm³/mol. The normalized spacial score (nSPS) is 20.1. The molecule has 2 aliphatic rings. The van der Waals surface area contributed by atoms with Crippen molar-refractivity contribution in [1.29, 1.82) is 0 Å². The van der Waals surface area contributed by atoms with Gasteiger partial charge in [-0.15, -0.1) is 0 Å². The molecule has 2 amide bonds. The number of carbonyl (C=O) groups excluding carboxylic acids is 2. The highest BCUT2D eigenvalue weighted by Crippen LogP contribution is 2.40. The van der Waals surface area contributed by atoms with Gasteiger partial charge in [-0.2, -0.15) is 0 Å². The molecular weight excluding hydrogens is 394 g/mol. The van der Waals surface area contributed by atoms with E-state index in [1.165, 1.54) is 0 Å². The van der Waals surface area contributed by atoms with Gasteiger partial charge in [0.15, 0.2) is 0 Å². The van der Waals surface area contributed by atoms with Gasteiger partial charge in [0.2, 0.25) is 11.8 Å². The molecule has 4 rings (SSSR count). The molecule has 0 bridgehead atoms. The number of piperazine rings is 1. The lowest BCUT2D eigenvalue weighted by Gasteiger charge is -2.52. The number of aromatic nitrogens is 2. The molecule has 3 heterocycles. The van der Waals surface area contributed by atoms with Crippen molar-refractivity contribution in [3.63, 3.8) is 0 Å². The van der Waals surface area contributed by atoms with Crippen LogP contribution >= 0.6 is 0 Å². The van der Waals surface area contributed by atoms with Gasteiger partial charge in [-0.25, -0.2) is 9.97 Å². The molecule has 1 atom stereocenters. The molecule has 0 spiro atoms. The molecule has 0 aliphatic carbocycles. The lowest BCUT2D eigenvalue weighted by Crippen LogP contribution is -2.68. The van der Waals surface area contributed by atoms with Crippen molar-refractivity contribution in [2.45, 2.75) is 33.2 Å². The quantitative estimate of drug-likeness (QED) is 0.784. The van der Waals surface area contributed by atoms with E-state index in [0.29, 0.717) is 26.1 Å². The Kier molecular flexibility index (Phi) is 5.56. The number of nitrogens with one attached hydrogen (secondary N) is 1. The van der Waals surface area contributed by atoms with Crippen molar-refractivity contribution in [2.24, 2.45) is 5.41 Å². The van der Waals surface area contributed by atoms with Crippen LogP contribution in [0.3, 0.4) is 0 Å². The Hall–Kier alpha value is -3.16. The number of nitrogens with zero attached hydrogens (tertiary/aromatic N) is 4. The van der Waals surface area contributed by atoms with Crippen LogP contribution < -0.4 is 15.0 Å². The number of carbonyl (C=O) groups is 2. The van der Waals surface area contributed by atoms with Gasteiger partial charge < -0.3 is 19.9 Å². The maximum Gasteiger partial charge on any atom is 0.239 e. The molecule has 164 valence electrons. The third-order valence-corrected chi connectivity index (χ3v) is 6.25. The number of ether oxygens (including phenoxy) is 1. The molecule has 2 aromatic rings. The molecular formula is C23H29N5O3. The number of amides is 2. The number of anilines is 1. The molecule has 0 saturated carbocycles. The van der Waals surface area contributed by atoms with E-state index >= 15 is 0 Å². The van der Waals surface area contributed by atoms with E-state index in [2.05, 4.69) is 20.2 Å². The van der Waals surface area contributed by atoms with Gasteiger partial charge in [0.25, 0.3) is 0 Å². The van der Waals surface area contributed by atoms with Crippen molar-refractivity contribution < 1.29 is 14.3 Å². The number of benzene rings is 1. The number of hydrogen-bond acceptors (Lipinski definition) is 6. The minimum atomic E-state index is -0.616. The second kappa shape index (κ2) is 8.17. The topological polar surface area (TPSA) is 87.7 Å². The molecule has 31 heavy (non-hydrogen) atoms. The SMILES string of the molecule is COc1cccc(CC2(C(=O)N3CC(=O)N[C@H](C)C3)CN(c3ncnc(C)c3C)C2)c1. The first-order valence-corrected chi connectivity index (χ1v) is 10.6. The summed E-state index contributed by atoms with van der Waals surface area (Å²) in [6, 6.07) is 7.78. The summed E-state index contributed by atoms with van der Waals surface area (Å²) >= 11 is 0. The number of rotatable bonds is 5. The van der Waals surface area contributed by atoms with Crippen molar-refractivity contribution in [3.05, 3.63) is 47.4 Å². The monoisotopic (exact) mass is 423 g/mol. The Bertz CT molecular complexity index is 1000. The molecule has 0 unspecified atom stereocenters. The molecule has 8 heteroatoms. The molecule has 1 aromatic carbocycles. The Morgan fingerprint density at radius 1 is 1.29 bits per heavy atom. The molecule has 0 radical (unpaired) electrons. The molecule has 1 aromatic heterocycles. The van der Waals surface area contributed by atoms with Crippen molar-refractivity contribution in [2.75, 3.05) is 38.2 Å². The molecule has 2 aliphatic heterocycles. The van der Waals surface area contributed by atoms with Crippen LogP contribution in [0.15, 0.2) is 30.6 Å². The number of aryl methyl sites for hydroxylation is 1. The molecule has 2 fully saturated rings. The number of methoxy groups -OCH3 is 1. The zero-order valence-electron chi connectivity index (χ0n) is 18.5. The van der Waals surface area contributed by atoms with E-state index in [-0.39, 0.29) is 24.4 Å². The average molecular weight is 424 g/mol. The first kappa shape index (κ1) is 21.1. The average Bonchev–Trinajstić information content (AvgIpc) is 2.71. The minimum Gasteiger partial charge on any atom is -0.497 e. The summed E-state index contributed by atoms with van der Waals surface area (Å²) in [5.41, 5.74) is 2.38. The van der Waals surface area contributed by atoms with Gasteiger partial charge in [0.1, 0.15) is 17.9 Å². The van der Waals surface area contributed by atoms with Crippen LogP contribution in [-0.2, 0) is 16.0 Å². The van der Waals surface area contributed by atoms with Gasteiger partial charge in [0.05, 0.1) is 19.1 Å². The molecule has 8 nitrogen and oxygen atoms in total. The smallest absolute Gasteiger partial charge is 0.239 e. The van der Waals surface area contributed by atoms with Gasteiger partial charge in [-0.3, -0.25) is 9.59 Å². The van der Waals surface area contributed by atoms with Crippen LogP contribution in [0.1, 0.15) is 23.7 Å². The Labute approximate surface area is 182 Å². The summed E-state index contributed by atoms with van der Waals surface area (Å²) in [7, 11) is 1.64. The first-order valence-electron chi connectivity index (χ1n) is 10.6. The van der Waals surface area contributed by atoms with Crippen LogP contribution in [0, 0.1) is 19.3 Å². The van der Waals surface area contributed by atoms with Crippen LogP contribution in [0.5, 0.6) is 5.75 Å². The van der Waals surface area contributed by atoms with Crippen LogP contribution in [-0.4, -0.2) is 66.0 Å². The van der Waals surface area contributed by atoms with Crippen molar-refractivity contribution in [1.82, 2.24) is 20.2 Å². The standard InChI is InChI=1S/C23H29N5O3/c1-15-10-27(11-20(29)26-15)22(30)23(9-18-6-5-7-19(8-18)31-4)12-28(13-23)21-16(2)17(3)24-14-25-21/h5-8,14-15H,9-13H2,1-4H3,(H,26,29)/t15-/m1/s1. The third-order valence-electron chi connectivity index (χ3n) is 6.25. The summed E-state index contributed by atoms with van der Waals surface area (Å²) in [6.07, 6.45) is 2.15. The lowest BCUT2D eigenvalue weighted by atomic mass is 9.73. The summed E-state index contributed by atoms with van der Waals surface area (Å²) in [4.78, 5) is 38.4. The second-order valence-corrected chi connectivity index (χ2v) is 8.73. The maximum absolute atomic E-state index is 13.7. The minimum absolute atomic E-state index is 0.0247. The third kappa shape index (κ3) is 4.06. The second-order valence-electron chi connectivity index (χ2n) is 8.73. The van der Waals surface area contributed by atoms with E-state index in [1.54, 1.807) is 18.3 Å². The maximum atomic E-state index is 13.7. The zero-order chi connectivity index (χ0) is 22.2. The first-order chi connectivity index (χ1) is 14.8. The summed E-state index contributed by atoms with van der Waals surface area (Å²) in [5, 5.41) is 2.89. The Balaban J connectivity index is 1.62. The van der Waals surface area contributed by atoms with Gasteiger partial charge in [-0.1, -0.05) is 12.1 Å².